The molecule has 0 aromatic carbocycles. The Hall–Kier alpha value is 1.43. The van der Waals surface area contributed by atoms with Crippen LogP contribution in [0.25, 0.3) is 0 Å². The normalized spacial score (nSPS) is 5.00. The van der Waals surface area contributed by atoms with Crippen molar-refractivity contribution in [2.75, 3.05) is 0 Å². The van der Waals surface area contributed by atoms with E-state index in [1.807, 2.05) is 22.9 Å². The molecule has 0 unspecified atom stereocenters. The van der Waals surface area contributed by atoms with Gasteiger partial charge in [-0.15, -0.1) is 0 Å². The minimum atomic E-state index is 0. The van der Waals surface area contributed by atoms with Crippen LogP contribution in [0.1, 0.15) is 0 Å². The van der Waals surface area contributed by atoms with Crippen LogP contribution in [-0.2, 0) is 0 Å². The first-order chi connectivity index (χ1) is 2.50. The summed E-state index contributed by atoms with van der Waals surface area (Å²) >= 11 is 1.71. The number of hydrogen-bond donors (Lipinski definition) is 0. The van der Waals surface area contributed by atoms with Crippen molar-refractivity contribution in [2.24, 2.45) is 0 Å². The van der Waals surface area contributed by atoms with E-state index in [-0.39, 0.29) is 57.0 Å². The summed E-state index contributed by atoms with van der Waals surface area (Å²) in [5.74, 6) is 0. The van der Waals surface area contributed by atoms with Gasteiger partial charge in [-0.1, -0.05) is 12.1 Å². The summed E-state index contributed by atoms with van der Waals surface area (Å²) in [6.45, 7) is 0. The third-order valence-corrected chi connectivity index (χ3v) is 1.05. The summed E-state index contributed by atoms with van der Waals surface area (Å²) in [6.07, 6.45) is 0. The van der Waals surface area contributed by atoms with Gasteiger partial charge in [0.25, 0.3) is 0 Å². The summed E-state index contributed by atoms with van der Waals surface area (Å²) in [6, 6.07) is 4.04. The Bertz CT molecular complexity index is 70.5. The van der Waals surface area contributed by atoms with E-state index in [0.717, 1.165) is 0 Å². The molecule has 1 rings (SSSR count). The molecule has 42 valence electrons. The van der Waals surface area contributed by atoms with Crippen molar-refractivity contribution in [3.8, 4) is 0 Å². The quantitative estimate of drug-likeness (QED) is 0.415. The van der Waals surface area contributed by atoms with E-state index in [4.69, 9.17) is 0 Å². The topological polar surface area (TPSA) is 0 Å². The molecule has 1 aromatic heterocycles. The van der Waals surface area contributed by atoms with Gasteiger partial charge in [0, 0.05) is 0 Å². The molecule has 0 aliphatic heterocycles. The van der Waals surface area contributed by atoms with Gasteiger partial charge in [-0.25, -0.2) is 0 Å². The van der Waals surface area contributed by atoms with Gasteiger partial charge in [0.05, 0.1) is 0 Å². The Labute approximate surface area is 90.4 Å². The molecule has 1 aromatic rings. The fourth-order valence-corrected chi connectivity index (χ4v) is 0.680. The number of rotatable bonds is 0. The van der Waals surface area contributed by atoms with Crippen molar-refractivity contribution >= 4 is 34.4 Å². The molecule has 0 nitrogen and oxygen atoms in total. The molecular weight excluding hydrogens is 264 g/mol. The molecule has 1 heterocycles. The maximum Gasteiger partial charge on any atom is 2.00 e. The Balaban J connectivity index is -0.0000000833. The zero-order valence-electron chi connectivity index (χ0n) is 4.18. The molecule has 0 radical (unpaired) electrons. The standard InChI is InChI=1S/C4H4S.2BrH.Mg/c1-2-4-5-3-1;;;/h1-4H;2*1H;/q;;;+2/p-2. The minimum absolute atomic E-state index is 0. The van der Waals surface area contributed by atoms with Crippen molar-refractivity contribution in [1.29, 1.82) is 0 Å². The molecule has 8 heavy (non-hydrogen) atoms. The number of hydrogen-bond acceptors (Lipinski definition) is 1. The van der Waals surface area contributed by atoms with Crippen LogP contribution < -0.4 is 34.0 Å². The van der Waals surface area contributed by atoms with E-state index in [9.17, 15) is 0 Å². The fraction of sp³-hybridized carbons (Fsp3) is 0. The third-order valence-electron chi connectivity index (χ3n) is 0.425. The van der Waals surface area contributed by atoms with E-state index >= 15 is 0 Å². The first-order valence-corrected chi connectivity index (χ1v) is 2.41. The molecule has 0 N–H and O–H groups in total. The summed E-state index contributed by atoms with van der Waals surface area (Å²) in [5.41, 5.74) is 0. The van der Waals surface area contributed by atoms with E-state index in [1.54, 1.807) is 11.3 Å². The molecule has 0 fully saturated rings. The van der Waals surface area contributed by atoms with E-state index in [0.29, 0.717) is 0 Å². The smallest absolute Gasteiger partial charge is 1.00 e. The molecule has 0 saturated carbocycles. The van der Waals surface area contributed by atoms with Gasteiger partial charge in [0.2, 0.25) is 0 Å². The second-order valence-corrected chi connectivity index (χ2v) is 1.61. The zero-order valence-corrected chi connectivity index (χ0v) is 9.58. The third kappa shape index (κ3) is 7.43. The Morgan fingerprint density at radius 3 is 1.38 bits per heavy atom. The molecule has 0 bridgehead atoms. The SMILES string of the molecule is [Br-].[Br-].[Mg+2].c1ccsc1. The second kappa shape index (κ2) is 11.3. The largest absolute Gasteiger partial charge is 2.00 e. The summed E-state index contributed by atoms with van der Waals surface area (Å²) in [7, 11) is 0. The molecule has 0 spiro atoms. The second-order valence-electron chi connectivity index (χ2n) is 0.793. The Morgan fingerprint density at radius 2 is 1.25 bits per heavy atom. The van der Waals surface area contributed by atoms with Gasteiger partial charge in [-0.2, -0.15) is 11.3 Å². The van der Waals surface area contributed by atoms with Crippen LogP contribution in [0, 0.1) is 0 Å². The van der Waals surface area contributed by atoms with Gasteiger partial charge in [0.15, 0.2) is 0 Å². The maximum absolute atomic E-state index is 2.04. The predicted molar refractivity (Wildman–Crippen MR) is 30.1 cm³/mol. The Morgan fingerprint density at radius 1 is 0.875 bits per heavy atom. The number of thiophene rings is 1. The molecule has 0 saturated heterocycles. The van der Waals surface area contributed by atoms with Gasteiger partial charge < -0.3 is 34.0 Å². The molecule has 4 heteroatoms. The van der Waals surface area contributed by atoms with Gasteiger partial charge in [-0.05, 0) is 10.8 Å². The molecule has 0 aliphatic rings. The average Bonchev–Trinajstić information content (AvgIpc) is 1.76. The van der Waals surface area contributed by atoms with Crippen molar-refractivity contribution in [3.63, 3.8) is 0 Å². The zero-order chi connectivity index (χ0) is 3.54. The minimum Gasteiger partial charge on any atom is -1.00 e. The maximum atomic E-state index is 2.04. The molecule has 0 amide bonds. The average molecular weight is 268 g/mol. The van der Waals surface area contributed by atoms with Crippen LogP contribution in [0.2, 0.25) is 0 Å². The van der Waals surface area contributed by atoms with Crippen molar-refractivity contribution in [1.82, 2.24) is 0 Å². The summed E-state index contributed by atoms with van der Waals surface area (Å²) in [4.78, 5) is 0. The first-order valence-electron chi connectivity index (χ1n) is 1.47. The monoisotopic (exact) mass is 266 g/mol. The summed E-state index contributed by atoms with van der Waals surface area (Å²) < 4.78 is 0. The van der Waals surface area contributed by atoms with Crippen molar-refractivity contribution in [3.05, 3.63) is 22.9 Å². The van der Waals surface area contributed by atoms with Crippen LogP contribution in [0.5, 0.6) is 0 Å². The molecule has 0 aliphatic carbocycles. The van der Waals surface area contributed by atoms with E-state index in [2.05, 4.69) is 0 Å². The number of halogens is 2. The van der Waals surface area contributed by atoms with Crippen molar-refractivity contribution in [2.45, 2.75) is 0 Å². The van der Waals surface area contributed by atoms with Gasteiger partial charge in [-0.3, -0.25) is 0 Å². The van der Waals surface area contributed by atoms with Crippen LogP contribution in [0.3, 0.4) is 0 Å². The summed E-state index contributed by atoms with van der Waals surface area (Å²) in [5, 5.41) is 4.08. The Kier molecular flexibility index (Phi) is 22.8. The van der Waals surface area contributed by atoms with Crippen LogP contribution in [0.15, 0.2) is 22.9 Å². The van der Waals surface area contributed by atoms with Crippen molar-refractivity contribution < 1.29 is 34.0 Å². The first kappa shape index (κ1) is 16.2. The molecule has 0 atom stereocenters. The molecular formula is C4H4Br2MgS. The van der Waals surface area contributed by atoms with Crippen LogP contribution >= 0.6 is 11.3 Å². The van der Waals surface area contributed by atoms with Gasteiger partial charge in [0.1, 0.15) is 0 Å². The van der Waals surface area contributed by atoms with E-state index < -0.39 is 0 Å². The van der Waals surface area contributed by atoms with Crippen LogP contribution in [0.4, 0.5) is 0 Å². The fourth-order valence-electron chi connectivity index (χ4n) is 0.227. The van der Waals surface area contributed by atoms with E-state index in [1.165, 1.54) is 0 Å². The van der Waals surface area contributed by atoms with Crippen LogP contribution in [-0.4, -0.2) is 23.1 Å². The van der Waals surface area contributed by atoms with Gasteiger partial charge >= 0.3 is 23.1 Å². The predicted octanol–water partition coefficient (Wildman–Crippen LogP) is -4.62.